The first-order valence-electron chi connectivity index (χ1n) is 5.99. The molecule has 7 heteroatoms. The lowest BCUT2D eigenvalue weighted by molar-refractivity contribution is -0.133. The Labute approximate surface area is 110 Å². The molecule has 1 heterocycles. The number of thioether (sulfide) groups is 1. The molecule has 1 aromatic heterocycles. The number of methoxy groups -OCH3 is 1. The average molecular weight is 271 g/mol. The van der Waals surface area contributed by atoms with Gasteiger partial charge in [-0.15, -0.1) is 10.2 Å². The number of hydrogen-bond donors (Lipinski definition) is 1. The summed E-state index contributed by atoms with van der Waals surface area (Å²) in [7, 11) is 1.65. The Morgan fingerprint density at radius 2 is 2.33 bits per heavy atom. The number of rotatable bonds is 7. The summed E-state index contributed by atoms with van der Waals surface area (Å²) in [6, 6.07) is 0. The van der Waals surface area contributed by atoms with Crippen molar-refractivity contribution in [1.82, 2.24) is 14.8 Å². The molecule has 1 aromatic rings. The topological polar surface area (TPSA) is 77.2 Å². The number of carboxylic acid groups (broad SMARTS) is 1. The first-order valence-corrected chi connectivity index (χ1v) is 6.97. The van der Waals surface area contributed by atoms with E-state index in [1.807, 2.05) is 4.57 Å². The van der Waals surface area contributed by atoms with Gasteiger partial charge in [-0.25, -0.2) is 0 Å². The van der Waals surface area contributed by atoms with Gasteiger partial charge in [-0.05, 0) is 12.8 Å². The first kappa shape index (κ1) is 13.4. The summed E-state index contributed by atoms with van der Waals surface area (Å²) in [5.41, 5.74) is 0. The second kappa shape index (κ2) is 6.19. The van der Waals surface area contributed by atoms with Crippen LogP contribution in [0.15, 0.2) is 5.16 Å². The number of hydrogen-bond acceptors (Lipinski definition) is 5. The van der Waals surface area contributed by atoms with Gasteiger partial charge in [0.1, 0.15) is 5.82 Å². The SMILES string of the molecule is COCCn1c(SCC(=O)O)nnc1C1CCC1. The fraction of sp³-hybridized carbons (Fsp3) is 0.727. The molecule has 0 atom stereocenters. The smallest absolute Gasteiger partial charge is 0.313 e. The molecule has 0 saturated heterocycles. The molecule has 2 rings (SSSR count). The fourth-order valence-electron chi connectivity index (χ4n) is 1.89. The van der Waals surface area contributed by atoms with Crippen molar-refractivity contribution in [2.75, 3.05) is 19.5 Å². The van der Waals surface area contributed by atoms with Crippen molar-refractivity contribution in [1.29, 1.82) is 0 Å². The molecule has 18 heavy (non-hydrogen) atoms. The van der Waals surface area contributed by atoms with Crippen LogP contribution in [0.25, 0.3) is 0 Å². The van der Waals surface area contributed by atoms with Crippen molar-refractivity contribution in [3.8, 4) is 0 Å². The molecule has 1 aliphatic carbocycles. The molecule has 1 fully saturated rings. The lowest BCUT2D eigenvalue weighted by Gasteiger charge is -2.25. The number of aliphatic carboxylic acids is 1. The van der Waals surface area contributed by atoms with Crippen LogP contribution in [0.2, 0.25) is 0 Å². The van der Waals surface area contributed by atoms with Crippen molar-refractivity contribution in [2.24, 2.45) is 0 Å². The molecule has 0 amide bonds. The maximum Gasteiger partial charge on any atom is 0.313 e. The zero-order chi connectivity index (χ0) is 13.0. The minimum Gasteiger partial charge on any atom is -0.481 e. The summed E-state index contributed by atoms with van der Waals surface area (Å²) in [5, 5.41) is 17.7. The average Bonchev–Trinajstić information content (AvgIpc) is 2.64. The van der Waals surface area contributed by atoms with Crippen LogP contribution in [0.1, 0.15) is 31.0 Å². The van der Waals surface area contributed by atoms with E-state index in [1.165, 1.54) is 18.2 Å². The lowest BCUT2D eigenvalue weighted by atomic mass is 9.85. The predicted octanol–water partition coefficient (Wildman–Crippen LogP) is 1.37. The fourth-order valence-corrected chi connectivity index (χ4v) is 2.59. The van der Waals surface area contributed by atoms with Crippen LogP contribution >= 0.6 is 11.8 Å². The van der Waals surface area contributed by atoms with Crippen LogP contribution in [0.5, 0.6) is 0 Å². The highest BCUT2D eigenvalue weighted by atomic mass is 32.2. The van der Waals surface area contributed by atoms with E-state index in [-0.39, 0.29) is 5.75 Å². The third-order valence-corrected chi connectivity index (χ3v) is 4.01. The van der Waals surface area contributed by atoms with Crippen LogP contribution in [-0.2, 0) is 16.1 Å². The minimum absolute atomic E-state index is 0.00970. The molecule has 0 aromatic carbocycles. The lowest BCUT2D eigenvalue weighted by Crippen LogP contribution is -2.17. The third kappa shape index (κ3) is 3.02. The maximum atomic E-state index is 10.6. The van der Waals surface area contributed by atoms with Crippen LogP contribution in [0.3, 0.4) is 0 Å². The Kier molecular flexibility index (Phi) is 4.60. The Balaban J connectivity index is 2.11. The largest absolute Gasteiger partial charge is 0.481 e. The number of ether oxygens (including phenoxy) is 1. The number of carbonyl (C=O) groups is 1. The van der Waals surface area contributed by atoms with Gasteiger partial charge in [0.25, 0.3) is 0 Å². The number of nitrogens with zero attached hydrogens (tertiary/aromatic N) is 3. The molecule has 0 radical (unpaired) electrons. The Hall–Kier alpha value is -1.08. The van der Waals surface area contributed by atoms with Gasteiger partial charge in [-0.1, -0.05) is 18.2 Å². The van der Waals surface area contributed by atoms with E-state index in [9.17, 15) is 4.79 Å². The van der Waals surface area contributed by atoms with Crippen molar-refractivity contribution in [2.45, 2.75) is 36.9 Å². The molecule has 0 spiro atoms. The first-order chi connectivity index (χ1) is 8.72. The van der Waals surface area contributed by atoms with Gasteiger partial charge in [0.15, 0.2) is 5.16 Å². The molecule has 0 bridgehead atoms. The summed E-state index contributed by atoms with van der Waals surface area (Å²) in [4.78, 5) is 10.6. The van der Waals surface area contributed by atoms with Gasteiger partial charge in [0.05, 0.1) is 12.4 Å². The highest BCUT2D eigenvalue weighted by Gasteiger charge is 2.26. The second-order valence-electron chi connectivity index (χ2n) is 4.30. The molecule has 0 unspecified atom stereocenters. The summed E-state index contributed by atoms with van der Waals surface area (Å²) in [6.07, 6.45) is 3.53. The second-order valence-corrected chi connectivity index (χ2v) is 5.24. The monoisotopic (exact) mass is 271 g/mol. The van der Waals surface area contributed by atoms with Crippen molar-refractivity contribution < 1.29 is 14.6 Å². The van der Waals surface area contributed by atoms with Crippen LogP contribution in [0, 0.1) is 0 Å². The highest BCUT2D eigenvalue weighted by molar-refractivity contribution is 7.99. The molecule has 1 N–H and O–H groups in total. The molecular formula is C11H17N3O3S. The standard InChI is InChI=1S/C11H17N3O3S/c1-17-6-5-14-10(8-3-2-4-8)12-13-11(14)18-7-9(15)16/h8H,2-7H2,1H3,(H,15,16). The summed E-state index contributed by atoms with van der Waals surface area (Å²) < 4.78 is 7.08. The Morgan fingerprint density at radius 3 is 2.89 bits per heavy atom. The van der Waals surface area contributed by atoms with Crippen molar-refractivity contribution in [3.05, 3.63) is 5.82 Å². The van der Waals surface area contributed by atoms with E-state index < -0.39 is 5.97 Å². The van der Waals surface area contributed by atoms with Gasteiger partial charge in [-0.3, -0.25) is 4.79 Å². The van der Waals surface area contributed by atoms with Gasteiger partial charge in [0, 0.05) is 19.6 Å². The predicted molar refractivity (Wildman–Crippen MR) is 66.8 cm³/mol. The molecule has 0 aliphatic heterocycles. The van der Waals surface area contributed by atoms with Gasteiger partial charge < -0.3 is 14.4 Å². The van der Waals surface area contributed by atoms with Crippen LogP contribution in [0.4, 0.5) is 0 Å². The van der Waals surface area contributed by atoms with E-state index in [2.05, 4.69) is 10.2 Å². The highest BCUT2D eigenvalue weighted by Crippen LogP contribution is 2.36. The number of carboxylic acids is 1. The maximum absolute atomic E-state index is 10.6. The van der Waals surface area contributed by atoms with E-state index in [0.29, 0.717) is 24.2 Å². The molecule has 1 aliphatic rings. The van der Waals surface area contributed by atoms with Crippen LogP contribution in [-0.4, -0.2) is 45.3 Å². The quantitative estimate of drug-likeness (QED) is 0.755. The van der Waals surface area contributed by atoms with E-state index in [1.54, 1.807) is 7.11 Å². The van der Waals surface area contributed by atoms with E-state index in [0.717, 1.165) is 18.7 Å². The van der Waals surface area contributed by atoms with Gasteiger partial charge in [0.2, 0.25) is 0 Å². The van der Waals surface area contributed by atoms with E-state index >= 15 is 0 Å². The molecule has 1 saturated carbocycles. The summed E-state index contributed by atoms with van der Waals surface area (Å²) >= 11 is 1.21. The zero-order valence-corrected chi connectivity index (χ0v) is 11.2. The molecular weight excluding hydrogens is 254 g/mol. The molecule has 6 nitrogen and oxygen atoms in total. The Bertz CT molecular complexity index is 418. The molecule has 100 valence electrons. The van der Waals surface area contributed by atoms with E-state index in [4.69, 9.17) is 9.84 Å². The van der Waals surface area contributed by atoms with Gasteiger partial charge in [-0.2, -0.15) is 0 Å². The van der Waals surface area contributed by atoms with Crippen LogP contribution < -0.4 is 0 Å². The number of aromatic nitrogens is 3. The Morgan fingerprint density at radius 1 is 1.56 bits per heavy atom. The van der Waals surface area contributed by atoms with Crippen molar-refractivity contribution >= 4 is 17.7 Å². The normalized spacial score (nSPS) is 15.6. The van der Waals surface area contributed by atoms with Gasteiger partial charge >= 0.3 is 5.97 Å². The summed E-state index contributed by atoms with van der Waals surface area (Å²) in [6.45, 7) is 1.26. The van der Waals surface area contributed by atoms with Crippen molar-refractivity contribution in [3.63, 3.8) is 0 Å². The zero-order valence-electron chi connectivity index (χ0n) is 10.3. The summed E-state index contributed by atoms with van der Waals surface area (Å²) in [5.74, 6) is 0.627. The third-order valence-electron chi connectivity index (χ3n) is 3.06. The minimum atomic E-state index is -0.841.